The van der Waals surface area contributed by atoms with E-state index in [1.54, 1.807) is 24.5 Å². The Morgan fingerprint density at radius 2 is 2.05 bits per heavy atom. The molecule has 4 heteroatoms. The molecule has 0 spiro atoms. The van der Waals surface area contributed by atoms with Gasteiger partial charge in [0.1, 0.15) is 5.82 Å². The van der Waals surface area contributed by atoms with E-state index in [1.807, 2.05) is 24.3 Å². The highest BCUT2D eigenvalue weighted by molar-refractivity contribution is 5.97. The molecule has 0 fully saturated rings. The van der Waals surface area contributed by atoms with Crippen LogP contribution in [0.1, 0.15) is 23.1 Å². The molecule has 0 aliphatic heterocycles. The van der Waals surface area contributed by atoms with Crippen LogP contribution in [0.2, 0.25) is 0 Å². The van der Waals surface area contributed by atoms with Crippen LogP contribution >= 0.6 is 0 Å². The highest BCUT2D eigenvalue weighted by Crippen LogP contribution is 2.17. The number of benzene rings is 1. The first-order valence-electron chi connectivity index (χ1n) is 6.67. The summed E-state index contributed by atoms with van der Waals surface area (Å²) in [6.45, 7) is 2.86. The number of ketones is 1. The summed E-state index contributed by atoms with van der Waals surface area (Å²) < 4.78 is 2.09. The van der Waals surface area contributed by atoms with E-state index in [0.29, 0.717) is 12.0 Å². The van der Waals surface area contributed by atoms with Crippen molar-refractivity contribution in [1.29, 1.82) is 0 Å². The number of hydrogen-bond acceptors (Lipinski definition) is 3. The van der Waals surface area contributed by atoms with E-state index in [0.717, 1.165) is 23.4 Å². The Morgan fingerprint density at radius 3 is 2.80 bits per heavy atom. The van der Waals surface area contributed by atoms with Gasteiger partial charge in [-0.05, 0) is 31.2 Å². The van der Waals surface area contributed by atoms with Gasteiger partial charge in [0.2, 0.25) is 0 Å². The molecule has 0 N–H and O–H groups in total. The summed E-state index contributed by atoms with van der Waals surface area (Å²) in [5.41, 5.74) is 2.63. The number of fused-ring (bicyclic) bond motifs is 1. The minimum atomic E-state index is 0.0445. The first-order chi connectivity index (χ1) is 9.79. The number of Topliss-reactive ketones (excluding diaryl/α,β-unsaturated/α-hetero) is 1. The molecule has 0 unspecified atom stereocenters. The fraction of sp³-hybridized carbons (Fsp3) is 0.188. The average molecular weight is 265 g/mol. The van der Waals surface area contributed by atoms with Crippen LogP contribution in [0.3, 0.4) is 0 Å². The van der Waals surface area contributed by atoms with E-state index in [2.05, 4.69) is 21.5 Å². The molecule has 20 heavy (non-hydrogen) atoms. The molecule has 0 saturated heterocycles. The average Bonchev–Trinajstić information content (AvgIpc) is 2.85. The number of imidazole rings is 1. The second kappa shape index (κ2) is 5.25. The summed E-state index contributed by atoms with van der Waals surface area (Å²) in [6.07, 6.45) is 3.56. The highest BCUT2D eigenvalue weighted by atomic mass is 16.1. The molecule has 0 saturated carbocycles. The Bertz CT molecular complexity index is 747. The van der Waals surface area contributed by atoms with Crippen molar-refractivity contribution in [2.45, 2.75) is 19.9 Å². The van der Waals surface area contributed by atoms with Gasteiger partial charge in [-0.3, -0.25) is 9.78 Å². The molecule has 100 valence electrons. The van der Waals surface area contributed by atoms with Gasteiger partial charge in [0, 0.05) is 24.5 Å². The zero-order chi connectivity index (χ0) is 13.9. The summed E-state index contributed by atoms with van der Waals surface area (Å²) >= 11 is 0. The smallest absolute Gasteiger partial charge is 0.171 e. The summed E-state index contributed by atoms with van der Waals surface area (Å²) in [6, 6.07) is 11.5. The topological polar surface area (TPSA) is 47.8 Å². The van der Waals surface area contributed by atoms with Crippen molar-refractivity contribution < 1.29 is 4.79 Å². The highest BCUT2D eigenvalue weighted by Gasteiger charge is 2.14. The SMILES string of the molecule is CCn1c(CC(=O)c2cccnc2)nc2ccccc21. The number of carbonyl (C=O) groups is 1. The van der Waals surface area contributed by atoms with Gasteiger partial charge in [0.25, 0.3) is 0 Å². The summed E-state index contributed by atoms with van der Waals surface area (Å²) in [4.78, 5) is 20.8. The van der Waals surface area contributed by atoms with Gasteiger partial charge in [-0.15, -0.1) is 0 Å². The number of nitrogens with zero attached hydrogens (tertiary/aromatic N) is 3. The fourth-order valence-electron chi connectivity index (χ4n) is 2.39. The normalized spacial score (nSPS) is 10.8. The van der Waals surface area contributed by atoms with E-state index in [1.165, 1.54) is 0 Å². The van der Waals surface area contributed by atoms with Crippen molar-refractivity contribution in [3.63, 3.8) is 0 Å². The van der Waals surface area contributed by atoms with Gasteiger partial charge in [-0.2, -0.15) is 0 Å². The molecule has 2 heterocycles. The first kappa shape index (κ1) is 12.5. The maximum Gasteiger partial charge on any atom is 0.171 e. The van der Waals surface area contributed by atoms with Crippen molar-refractivity contribution in [1.82, 2.24) is 14.5 Å². The molecule has 4 nitrogen and oxygen atoms in total. The van der Waals surface area contributed by atoms with Crippen LogP contribution in [-0.4, -0.2) is 20.3 Å². The van der Waals surface area contributed by atoms with Crippen LogP contribution in [0.4, 0.5) is 0 Å². The molecule has 0 radical (unpaired) electrons. The second-order valence-electron chi connectivity index (χ2n) is 4.60. The minimum absolute atomic E-state index is 0.0445. The lowest BCUT2D eigenvalue weighted by molar-refractivity contribution is 0.0989. The van der Waals surface area contributed by atoms with Crippen LogP contribution in [0.5, 0.6) is 0 Å². The Hall–Kier alpha value is -2.49. The molecule has 0 aliphatic carbocycles. The Kier molecular flexibility index (Phi) is 3.29. The van der Waals surface area contributed by atoms with E-state index < -0.39 is 0 Å². The number of aryl methyl sites for hydroxylation is 1. The minimum Gasteiger partial charge on any atom is -0.328 e. The van der Waals surface area contributed by atoms with E-state index in [4.69, 9.17) is 0 Å². The molecule has 0 aliphatic rings. The van der Waals surface area contributed by atoms with Crippen molar-refractivity contribution in [3.8, 4) is 0 Å². The first-order valence-corrected chi connectivity index (χ1v) is 6.67. The Labute approximate surface area is 117 Å². The van der Waals surface area contributed by atoms with Crippen molar-refractivity contribution in [2.75, 3.05) is 0 Å². The lowest BCUT2D eigenvalue weighted by atomic mass is 10.1. The van der Waals surface area contributed by atoms with Crippen molar-refractivity contribution >= 4 is 16.8 Å². The summed E-state index contributed by atoms with van der Waals surface area (Å²) in [5, 5.41) is 0. The van der Waals surface area contributed by atoms with Crippen LogP contribution in [0.15, 0.2) is 48.8 Å². The zero-order valence-electron chi connectivity index (χ0n) is 11.3. The molecular weight excluding hydrogens is 250 g/mol. The van der Waals surface area contributed by atoms with Gasteiger partial charge < -0.3 is 4.57 Å². The molecule has 3 rings (SSSR count). The van der Waals surface area contributed by atoms with Crippen LogP contribution in [0, 0.1) is 0 Å². The summed E-state index contributed by atoms with van der Waals surface area (Å²) in [5.74, 6) is 0.852. The fourth-order valence-corrected chi connectivity index (χ4v) is 2.39. The van der Waals surface area contributed by atoms with Gasteiger partial charge in [-0.1, -0.05) is 12.1 Å². The maximum atomic E-state index is 12.3. The Balaban J connectivity index is 1.97. The third-order valence-corrected chi connectivity index (χ3v) is 3.35. The third-order valence-electron chi connectivity index (χ3n) is 3.35. The third kappa shape index (κ3) is 2.20. The maximum absolute atomic E-state index is 12.3. The predicted molar refractivity (Wildman–Crippen MR) is 77.7 cm³/mol. The van der Waals surface area contributed by atoms with Crippen molar-refractivity contribution in [2.24, 2.45) is 0 Å². The lowest BCUT2D eigenvalue weighted by Crippen LogP contribution is -2.10. The van der Waals surface area contributed by atoms with Crippen LogP contribution in [0.25, 0.3) is 11.0 Å². The molecule has 0 atom stereocenters. The van der Waals surface area contributed by atoms with Gasteiger partial charge >= 0.3 is 0 Å². The zero-order valence-corrected chi connectivity index (χ0v) is 11.3. The molecule has 0 amide bonds. The molecule has 3 aromatic rings. The number of rotatable bonds is 4. The molecule has 0 bridgehead atoms. The Morgan fingerprint density at radius 1 is 1.20 bits per heavy atom. The van der Waals surface area contributed by atoms with Gasteiger partial charge in [0.15, 0.2) is 5.78 Å². The number of para-hydroxylation sites is 2. The standard InChI is InChI=1S/C16H15N3O/c1-2-19-14-8-4-3-7-13(14)18-16(19)10-15(20)12-6-5-9-17-11-12/h3-9,11H,2,10H2,1H3. The van der Waals surface area contributed by atoms with E-state index >= 15 is 0 Å². The van der Waals surface area contributed by atoms with Gasteiger partial charge in [-0.25, -0.2) is 4.98 Å². The van der Waals surface area contributed by atoms with Gasteiger partial charge in [0.05, 0.1) is 17.5 Å². The number of hydrogen-bond donors (Lipinski definition) is 0. The van der Waals surface area contributed by atoms with Crippen molar-refractivity contribution in [3.05, 3.63) is 60.2 Å². The quantitative estimate of drug-likeness (QED) is 0.681. The lowest BCUT2D eigenvalue weighted by Gasteiger charge is -2.05. The van der Waals surface area contributed by atoms with Crippen LogP contribution < -0.4 is 0 Å². The summed E-state index contributed by atoms with van der Waals surface area (Å²) in [7, 11) is 0. The monoisotopic (exact) mass is 265 g/mol. The van der Waals surface area contributed by atoms with Crippen LogP contribution in [-0.2, 0) is 13.0 Å². The van der Waals surface area contributed by atoms with E-state index in [9.17, 15) is 4.79 Å². The second-order valence-corrected chi connectivity index (χ2v) is 4.60. The van der Waals surface area contributed by atoms with E-state index in [-0.39, 0.29) is 5.78 Å². The number of carbonyl (C=O) groups excluding carboxylic acids is 1. The number of pyridine rings is 1. The molecular formula is C16H15N3O. The number of aromatic nitrogens is 3. The largest absolute Gasteiger partial charge is 0.328 e. The predicted octanol–water partition coefficient (Wildman–Crippen LogP) is 2.88. The molecule has 2 aromatic heterocycles. The molecule has 1 aromatic carbocycles.